The van der Waals surface area contributed by atoms with E-state index < -0.39 is 209 Å². The van der Waals surface area contributed by atoms with Gasteiger partial charge in [0, 0.05) is 63.7 Å². The molecule has 0 bridgehead atoms. The van der Waals surface area contributed by atoms with Gasteiger partial charge < -0.3 is 96.2 Å². The van der Waals surface area contributed by atoms with Gasteiger partial charge in [0.05, 0.1) is 55.9 Å². The minimum absolute atomic E-state index is 0.0388. The van der Waals surface area contributed by atoms with E-state index in [9.17, 15) is 74.7 Å². The SMILES string of the molecule is CCCCCCCCCCCCCCCC(=O)NC1C[C@@H](O)CNC(=O)[C@@H]2[C@@H](O)[C@@H](C)CN2C(=O)[C@H]([C@H](O)CCN(C(=O)OCC2c3ccccc3-c3ccccc32)C(CO)CO)NC(=O)[C@H]([C@H](O)Cc2ccc(O)c(OSOOO)c2)NC(=O)[C@@H]2C[C@@H](O)CN2C(=O)[C@H]([C@@H](C)O)NC1=O. The second-order valence-corrected chi connectivity index (χ2v) is 26.9. The van der Waals surface area contributed by atoms with Gasteiger partial charge in [0.15, 0.2) is 11.5 Å². The molecular weight excluding hydrogens is 1320 g/mol. The predicted octanol–water partition coefficient (Wildman–Crippen LogP) is 1.87. The lowest BCUT2D eigenvalue weighted by molar-refractivity contribution is -0.433. The van der Waals surface area contributed by atoms with Crippen molar-refractivity contribution in [3.63, 3.8) is 0 Å². The molecule has 8 amide bonds. The molecule has 3 saturated heterocycles. The number of hydrogen-bond acceptors (Lipinski definition) is 23. The van der Waals surface area contributed by atoms with Crippen LogP contribution in [0.4, 0.5) is 4.79 Å². The third-order valence-corrected chi connectivity index (χ3v) is 19.4. The van der Waals surface area contributed by atoms with E-state index in [1.54, 1.807) is 0 Å². The molecule has 13 atom stereocenters. The Morgan fingerprint density at radius 3 is 1.90 bits per heavy atom. The van der Waals surface area contributed by atoms with Gasteiger partial charge in [0.2, 0.25) is 41.4 Å². The number of aromatic hydroxyl groups is 1. The lowest BCUT2D eigenvalue weighted by Crippen LogP contribution is -2.64. The largest absolute Gasteiger partial charge is 0.504 e. The first-order valence-corrected chi connectivity index (χ1v) is 35.3. The number of aliphatic hydroxyl groups is 8. The minimum atomic E-state index is -2.24. The molecule has 0 radical (unpaired) electrons. The van der Waals surface area contributed by atoms with E-state index in [0.717, 1.165) is 88.1 Å². The molecule has 3 fully saturated rings. The summed E-state index contributed by atoms with van der Waals surface area (Å²) in [5, 5.41) is 126. The first-order valence-electron chi connectivity index (χ1n) is 34.7. The third kappa shape index (κ3) is 21.9. The summed E-state index contributed by atoms with van der Waals surface area (Å²) in [6.07, 6.45) is -0.645. The lowest BCUT2D eigenvalue weighted by Gasteiger charge is -2.35. The standard InChI is InChI=1S/C69H100N8O22S/c1-4-5-6-7-8-9-10-11-12-13-14-15-16-25-57(86)71-51-32-44(81)34-70-66(91)61-62(87)40(2)35-77(61)68(93)60(54(84)28-29-75(43(37-78)38-79)69(94)96-39-50-48-23-19-17-21-46(48)47-22-18-20-24-49(47)50)74-65(90)59(55(85)30-42-26-27-53(83)56(31-42)97-100-99-98-95)73-64(89)52-33-45(82)36-76(52)67(92)58(41(3)80)72-63(51)88/h17-24,26-27,31,40-41,43-45,50-52,54-55,58-62,78-85,87,95H,4-16,25,28-30,32-39H2,1-3H3,(H,70,91)(H,71,86)(H,72,88)(H,73,89)(H,74,90)/t40-,41+,44+,45+,51?,52-,54+,55+,58-,59-,60-,61-,62-/m0/s1. The van der Waals surface area contributed by atoms with Gasteiger partial charge in [-0.1, -0.05) is 155 Å². The van der Waals surface area contributed by atoms with Crippen molar-refractivity contribution < 1.29 is 108 Å². The number of benzene rings is 3. The summed E-state index contributed by atoms with van der Waals surface area (Å²) in [5.74, 6) is -9.98. The number of β-amino-alcohol motifs (C(OH)–C–C–N with tert-alkyl or cyclic N) is 1. The fourth-order valence-corrected chi connectivity index (χ4v) is 13.7. The quantitative estimate of drug-likeness (QED) is 0.0184. The van der Waals surface area contributed by atoms with Crippen LogP contribution in [-0.2, 0) is 54.1 Å². The van der Waals surface area contributed by atoms with E-state index in [-0.39, 0.29) is 36.7 Å². The Bertz CT molecular complexity index is 3140. The smallest absolute Gasteiger partial charge is 0.410 e. The zero-order valence-electron chi connectivity index (χ0n) is 56.8. The topological polar surface area (TPSA) is 446 Å². The van der Waals surface area contributed by atoms with E-state index in [1.165, 1.54) is 51.5 Å². The Morgan fingerprint density at radius 2 is 1.29 bits per heavy atom. The van der Waals surface area contributed by atoms with Gasteiger partial charge in [-0.05, 0) is 59.7 Å². The van der Waals surface area contributed by atoms with Gasteiger partial charge in [-0.25, -0.2) is 10.1 Å². The highest BCUT2D eigenvalue weighted by molar-refractivity contribution is 7.90. The summed E-state index contributed by atoms with van der Waals surface area (Å²) in [4.78, 5) is 120. The van der Waals surface area contributed by atoms with Crippen LogP contribution in [0.25, 0.3) is 11.1 Å². The van der Waals surface area contributed by atoms with Crippen LogP contribution in [0, 0.1) is 5.92 Å². The highest BCUT2D eigenvalue weighted by Crippen LogP contribution is 2.45. The Labute approximate surface area is 585 Å². The summed E-state index contributed by atoms with van der Waals surface area (Å²) < 4.78 is 15.3. The minimum Gasteiger partial charge on any atom is -0.504 e. The maximum Gasteiger partial charge on any atom is 0.410 e. The number of carbonyl (C=O) groups is 8. The van der Waals surface area contributed by atoms with Gasteiger partial charge in [0.1, 0.15) is 42.9 Å². The van der Waals surface area contributed by atoms with E-state index >= 15 is 9.59 Å². The molecule has 0 aromatic heterocycles. The zero-order chi connectivity index (χ0) is 72.6. The molecule has 1 unspecified atom stereocenters. The second-order valence-electron chi connectivity index (χ2n) is 26.5. The number of ether oxygens (including phenoxy) is 1. The summed E-state index contributed by atoms with van der Waals surface area (Å²) in [7, 11) is 0. The van der Waals surface area contributed by atoms with Crippen LogP contribution < -0.4 is 30.8 Å². The Kier molecular flexibility index (Phi) is 31.9. The number of nitrogens with one attached hydrogen (secondary N) is 5. The van der Waals surface area contributed by atoms with Crippen molar-refractivity contribution in [2.24, 2.45) is 5.92 Å². The van der Waals surface area contributed by atoms with Crippen LogP contribution in [0.15, 0.2) is 66.7 Å². The van der Waals surface area contributed by atoms with Gasteiger partial charge in [-0.15, -0.1) is 0 Å². The van der Waals surface area contributed by atoms with Gasteiger partial charge in [-0.2, -0.15) is 0 Å². The van der Waals surface area contributed by atoms with Crippen molar-refractivity contribution in [3.8, 4) is 22.6 Å². The molecular formula is C69H100N8O22S. The number of phenols is 1. The van der Waals surface area contributed by atoms with Gasteiger partial charge in [0.25, 0.3) is 12.3 Å². The molecule has 1 aliphatic carbocycles. The number of phenolic OH excluding ortho intramolecular Hbond substituents is 1. The first-order chi connectivity index (χ1) is 48.0. The summed E-state index contributed by atoms with van der Waals surface area (Å²) in [6, 6.07) is 5.62. The molecule has 554 valence electrons. The van der Waals surface area contributed by atoms with Crippen LogP contribution in [0.3, 0.4) is 0 Å². The number of aliphatic hydroxyl groups excluding tert-OH is 8. The van der Waals surface area contributed by atoms with Crippen molar-refractivity contribution in [2.45, 2.75) is 221 Å². The van der Waals surface area contributed by atoms with Crippen molar-refractivity contribution in [1.82, 2.24) is 41.3 Å². The number of amides is 8. The van der Waals surface area contributed by atoms with E-state index in [4.69, 9.17) is 14.2 Å². The monoisotopic (exact) mass is 1420 g/mol. The predicted molar refractivity (Wildman–Crippen MR) is 361 cm³/mol. The van der Waals surface area contributed by atoms with E-state index in [1.807, 2.05) is 48.5 Å². The van der Waals surface area contributed by atoms with E-state index in [0.29, 0.717) is 12.8 Å². The number of nitrogens with zero attached hydrogens (tertiary/aromatic N) is 3. The van der Waals surface area contributed by atoms with Gasteiger partial charge >= 0.3 is 6.09 Å². The molecule has 3 aromatic carbocycles. The molecule has 30 nitrogen and oxygen atoms in total. The maximum atomic E-state index is 15.4. The normalized spacial score (nSPS) is 24.2. The molecule has 3 aromatic rings. The van der Waals surface area contributed by atoms with Crippen LogP contribution in [0.1, 0.15) is 153 Å². The number of fused-ring (bicyclic) bond motifs is 5. The number of unbranched alkanes of at least 4 members (excludes halogenated alkanes) is 12. The zero-order valence-corrected chi connectivity index (χ0v) is 57.6. The third-order valence-electron chi connectivity index (χ3n) is 19.0. The van der Waals surface area contributed by atoms with Crippen molar-refractivity contribution in [2.75, 3.05) is 46.0 Å². The average Bonchev–Trinajstić information content (AvgIpc) is 1.61. The molecule has 7 rings (SSSR count). The number of rotatable bonds is 32. The first kappa shape index (κ1) is 80.0. The van der Waals surface area contributed by atoms with Crippen LogP contribution >= 0.6 is 12.3 Å². The molecule has 3 heterocycles. The Balaban J connectivity index is 1.20. The molecule has 0 spiro atoms. The second kappa shape index (κ2) is 39.8. The highest BCUT2D eigenvalue weighted by atomic mass is 32.2. The van der Waals surface area contributed by atoms with Crippen LogP contribution in [0.2, 0.25) is 0 Å². The molecule has 15 N–H and O–H groups in total. The fraction of sp³-hybridized carbons (Fsp3) is 0.623. The van der Waals surface area contributed by atoms with Crippen molar-refractivity contribution >= 4 is 59.8 Å². The maximum absolute atomic E-state index is 15.4. The molecule has 0 saturated carbocycles. The average molecular weight is 1430 g/mol. The summed E-state index contributed by atoms with van der Waals surface area (Å²) in [6.45, 7) is 0.651. The summed E-state index contributed by atoms with van der Waals surface area (Å²) >= 11 is 0.0579. The lowest BCUT2D eigenvalue weighted by atomic mass is 9.98. The highest BCUT2D eigenvalue weighted by Gasteiger charge is 2.50. The fourth-order valence-electron chi connectivity index (χ4n) is 13.5. The van der Waals surface area contributed by atoms with Crippen LogP contribution in [0.5, 0.6) is 11.5 Å². The summed E-state index contributed by atoms with van der Waals surface area (Å²) in [5.41, 5.74) is 3.64. The molecule has 31 heteroatoms. The Morgan fingerprint density at radius 1 is 0.700 bits per heavy atom. The molecule has 3 aliphatic heterocycles. The number of carbonyl (C=O) groups excluding carboxylic acids is 8. The number of hydrogen-bond donors (Lipinski definition) is 15. The van der Waals surface area contributed by atoms with E-state index in [2.05, 4.69) is 42.9 Å². The van der Waals surface area contributed by atoms with Gasteiger partial charge in [-0.3, -0.25) is 33.6 Å². The van der Waals surface area contributed by atoms with Crippen LogP contribution in [-0.4, -0.2) is 238 Å². The Hall–Kier alpha value is -7.27. The molecule has 100 heavy (non-hydrogen) atoms. The van der Waals surface area contributed by atoms with Crippen molar-refractivity contribution in [3.05, 3.63) is 83.4 Å². The molecule has 4 aliphatic rings. The van der Waals surface area contributed by atoms with Crippen molar-refractivity contribution in [1.29, 1.82) is 0 Å².